The average Bonchev–Trinajstić information content (AvgIpc) is 3.21. The maximum atomic E-state index is 12.4. The molecule has 3 heterocycles. The molecule has 0 saturated carbocycles. The number of para-hydroxylation sites is 1. The lowest BCUT2D eigenvalue weighted by Gasteiger charge is -1.98. The summed E-state index contributed by atoms with van der Waals surface area (Å²) in [6, 6.07) is 10.6. The summed E-state index contributed by atoms with van der Waals surface area (Å²) in [5.41, 5.74) is 1.46. The summed E-state index contributed by atoms with van der Waals surface area (Å²) >= 11 is 0. The van der Waals surface area contributed by atoms with Crippen molar-refractivity contribution in [3.8, 4) is 0 Å². The van der Waals surface area contributed by atoms with Gasteiger partial charge in [0.05, 0.1) is 16.6 Å². The molecule has 4 rings (SSSR count). The van der Waals surface area contributed by atoms with Crippen LogP contribution in [-0.2, 0) is 4.79 Å². The molecule has 0 atom stereocenters. The first kappa shape index (κ1) is 13.3. The van der Waals surface area contributed by atoms with Crippen LogP contribution in [0.4, 0.5) is 0 Å². The summed E-state index contributed by atoms with van der Waals surface area (Å²) in [6.07, 6.45) is 4.51. The van der Waals surface area contributed by atoms with Crippen LogP contribution < -0.4 is 10.7 Å². The van der Waals surface area contributed by atoms with Gasteiger partial charge in [-0.25, -0.2) is 4.99 Å². The first-order valence-corrected chi connectivity index (χ1v) is 6.98. The number of carbonyl (C=O) groups excluding carboxylic acids is 1. The molecule has 0 saturated heterocycles. The van der Waals surface area contributed by atoms with Crippen molar-refractivity contribution in [2.45, 2.75) is 0 Å². The number of carbonyl (C=O) groups is 1. The summed E-state index contributed by atoms with van der Waals surface area (Å²) in [4.78, 5) is 31.7. The van der Waals surface area contributed by atoms with Gasteiger partial charge in [-0.15, -0.1) is 0 Å². The van der Waals surface area contributed by atoms with Gasteiger partial charge in [0.25, 0.3) is 5.91 Å². The molecule has 0 aliphatic carbocycles. The number of benzene rings is 1. The maximum absolute atomic E-state index is 12.4. The zero-order valence-corrected chi connectivity index (χ0v) is 11.9. The van der Waals surface area contributed by atoms with Crippen LogP contribution in [0.3, 0.4) is 0 Å². The topological polar surface area (TPSA) is 87.5 Å². The lowest BCUT2D eigenvalue weighted by Crippen LogP contribution is -2.25. The van der Waals surface area contributed by atoms with Crippen molar-refractivity contribution < 1.29 is 9.21 Å². The third-order valence-electron chi connectivity index (χ3n) is 3.55. The van der Waals surface area contributed by atoms with Crippen molar-refractivity contribution in [1.82, 2.24) is 10.3 Å². The Morgan fingerprint density at radius 1 is 1.09 bits per heavy atom. The third-order valence-corrected chi connectivity index (χ3v) is 3.55. The van der Waals surface area contributed by atoms with Gasteiger partial charge in [-0.1, -0.05) is 12.1 Å². The fraction of sp³-hybridized carbons (Fsp3) is 0. The molecule has 0 unspecified atom stereocenters. The molecule has 1 amide bonds. The third kappa shape index (κ3) is 2.26. The van der Waals surface area contributed by atoms with Gasteiger partial charge in [-0.2, -0.15) is 0 Å². The Morgan fingerprint density at radius 3 is 2.78 bits per heavy atom. The number of nitrogens with one attached hydrogen (secondary N) is 2. The van der Waals surface area contributed by atoms with Crippen LogP contribution >= 0.6 is 0 Å². The van der Waals surface area contributed by atoms with Crippen LogP contribution in [0, 0.1) is 0 Å². The molecular formula is C17H11N3O3. The smallest absolute Gasteiger partial charge is 0.275 e. The zero-order valence-electron chi connectivity index (χ0n) is 11.9. The predicted molar refractivity (Wildman–Crippen MR) is 85.9 cm³/mol. The first-order chi connectivity index (χ1) is 11.2. The van der Waals surface area contributed by atoms with Crippen LogP contribution in [-0.4, -0.2) is 16.7 Å². The highest BCUT2D eigenvalue weighted by atomic mass is 16.3. The van der Waals surface area contributed by atoms with Crippen molar-refractivity contribution in [3.63, 3.8) is 0 Å². The fourth-order valence-corrected chi connectivity index (χ4v) is 2.41. The SMILES string of the molecule is O=C1NC(c2ccc[nH]2)=NC1=Cc1coc2ccccc2c1=O. The van der Waals surface area contributed by atoms with Crippen LogP contribution in [0.1, 0.15) is 11.3 Å². The van der Waals surface area contributed by atoms with Crippen molar-refractivity contribution in [2.75, 3.05) is 0 Å². The van der Waals surface area contributed by atoms with E-state index in [-0.39, 0.29) is 22.6 Å². The van der Waals surface area contributed by atoms with Gasteiger partial charge in [0.15, 0.2) is 11.3 Å². The fourth-order valence-electron chi connectivity index (χ4n) is 2.41. The second-order valence-electron chi connectivity index (χ2n) is 5.04. The van der Waals surface area contributed by atoms with Crippen LogP contribution in [0.25, 0.3) is 17.0 Å². The minimum Gasteiger partial charge on any atom is -0.463 e. The molecule has 0 radical (unpaired) electrons. The van der Waals surface area contributed by atoms with E-state index in [4.69, 9.17) is 4.42 Å². The average molecular weight is 305 g/mol. The van der Waals surface area contributed by atoms with Crippen molar-refractivity contribution in [3.05, 3.63) is 76.0 Å². The molecule has 0 bridgehead atoms. The normalized spacial score (nSPS) is 15.9. The van der Waals surface area contributed by atoms with E-state index < -0.39 is 0 Å². The van der Waals surface area contributed by atoms with Crippen LogP contribution in [0.2, 0.25) is 0 Å². The van der Waals surface area contributed by atoms with Gasteiger partial charge >= 0.3 is 0 Å². The highest BCUT2D eigenvalue weighted by Crippen LogP contribution is 2.15. The Hall–Kier alpha value is -3.41. The maximum Gasteiger partial charge on any atom is 0.275 e. The monoisotopic (exact) mass is 305 g/mol. The van der Waals surface area contributed by atoms with E-state index in [1.807, 2.05) is 6.07 Å². The van der Waals surface area contributed by atoms with Gasteiger partial charge in [0, 0.05) is 6.20 Å². The molecule has 0 fully saturated rings. The molecule has 2 N–H and O–H groups in total. The Balaban J connectivity index is 1.80. The molecule has 2 aromatic heterocycles. The molecule has 1 aliphatic rings. The molecular weight excluding hydrogens is 294 g/mol. The minimum absolute atomic E-state index is 0.164. The van der Waals surface area contributed by atoms with Gasteiger partial charge < -0.3 is 14.7 Å². The second kappa shape index (κ2) is 5.10. The molecule has 23 heavy (non-hydrogen) atoms. The molecule has 3 aromatic rings. The lowest BCUT2D eigenvalue weighted by molar-refractivity contribution is -0.115. The molecule has 6 heteroatoms. The Kier molecular flexibility index (Phi) is 2.94. The number of nitrogens with zero attached hydrogens (tertiary/aromatic N) is 1. The summed E-state index contributed by atoms with van der Waals surface area (Å²) < 4.78 is 5.44. The van der Waals surface area contributed by atoms with E-state index in [1.54, 1.807) is 36.5 Å². The van der Waals surface area contributed by atoms with Gasteiger partial charge in [-0.05, 0) is 30.3 Å². The predicted octanol–water partition coefficient (Wildman–Crippen LogP) is 2.04. The molecule has 1 aliphatic heterocycles. The van der Waals surface area contributed by atoms with E-state index in [2.05, 4.69) is 15.3 Å². The van der Waals surface area contributed by atoms with E-state index in [9.17, 15) is 9.59 Å². The quantitative estimate of drug-likeness (QED) is 0.710. The minimum atomic E-state index is -0.359. The number of aromatic nitrogens is 1. The molecule has 112 valence electrons. The number of hydrogen-bond donors (Lipinski definition) is 2. The summed E-state index contributed by atoms with van der Waals surface area (Å²) in [5.74, 6) is 0.0681. The Labute approximate surface area is 130 Å². The zero-order chi connectivity index (χ0) is 15.8. The lowest BCUT2D eigenvalue weighted by atomic mass is 10.1. The van der Waals surface area contributed by atoms with Crippen LogP contribution in [0.5, 0.6) is 0 Å². The van der Waals surface area contributed by atoms with E-state index in [1.165, 1.54) is 12.3 Å². The number of amides is 1. The van der Waals surface area contributed by atoms with Gasteiger partial charge in [-0.3, -0.25) is 9.59 Å². The van der Waals surface area contributed by atoms with Crippen LogP contribution in [0.15, 0.2) is 68.8 Å². The largest absolute Gasteiger partial charge is 0.463 e. The number of amidine groups is 1. The standard InChI is InChI=1S/C17H11N3O3/c21-15-10(9-23-14-6-2-1-4-11(14)15)8-13-17(22)20-16(19-13)12-5-3-7-18-12/h1-9,18H,(H,19,20,22). The Morgan fingerprint density at radius 2 is 1.96 bits per heavy atom. The number of aromatic amines is 1. The number of H-pyrrole nitrogens is 1. The highest BCUT2D eigenvalue weighted by Gasteiger charge is 2.22. The number of fused-ring (bicyclic) bond motifs is 1. The van der Waals surface area contributed by atoms with Gasteiger partial charge in [0.2, 0.25) is 0 Å². The van der Waals surface area contributed by atoms with E-state index in [0.29, 0.717) is 22.5 Å². The van der Waals surface area contributed by atoms with Crippen molar-refractivity contribution in [1.29, 1.82) is 0 Å². The van der Waals surface area contributed by atoms with Gasteiger partial charge in [0.1, 0.15) is 17.5 Å². The first-order valence-electron chi connectivity index (χ1n) is 6.98. The summed E-state index contributed by atoms with van der Waals surface area (Å²) in [5, 5.41) is 3.13. The van der Waals surface area contributed by atoms with E-state index in [0.717, 1.165) is 0 Å². The number of hydrogen-bond acceptors (Lipinski definition) is 4. The van der Waals surface area contributed by atoms with Crippen molar-refractivity contribution >= 4 is 28.8 Å². The molecule has 0 spiro atoms. The molecule has 6 nitrogen and oxygen atoms in total. The van der Waals surface area contributed by atoms with E-state index >= 15 is 0 Å². The highest BCUT2D eigenvalue weighted by molar-refractivity contribution is 6.19. The van der Waals surface area contributed by atoms with Crippen molar-refractivity contribution in [2.24, 2.45) is 4.99 Å². The Bertz CT molecular complexity index is 1030. The molecule has 1 aromatic carbocycles. The summed E-state index contributed by atoms with van der Waals surface area (Å²) in [7, 11) is 0. The number of aliphatic imine (C=N–C) groups is 1. The number of rotatable bonds is 2. The summed E-state index contributed by atoms with van der Waals surface area (Å²) in [6.45, 7) is 0. The second-order valence-corrected chi connectivity index (χ2v) is 5.04.